The second-order valence-corrected chi connectivity index (χ2v) is 3.81. The second kappa shape index (κ2) is 6.85. The van der Waals surface area contributed by atoms with Gasteiger partial charge in [0, 0.05) is 7.05 Å². The first-order chi connectivity index (χ1) is 8.19. The number of nitrogens with one attached hydrogen (secondary N) is 1. The topological polar surface area (TPSA) is 62.6 Å². The highest BCUT2D eigenvalue weighted by atomic mass is 16.3. The van der Waals surface area contributed by atoms with Gasteiger partial charge in [-0.1, -0.05) is 6.92 Å². The molecule has 0 unspecified atom stereocenters. The molecule has 0 saturated heterocycles. The smallest absolute Gasteiger partial charge is 0.233 e. The summed E-state index contributed by atoms with van der Waals surface area (Å²) in [5.41, 5.74) is 0. The monoisotopic (exact) mass is 238 g/mol. The lowest BCUT2D eigenvalue weighted by atomic mass is 10.3. The summed E-state index contributed by atoms with van der Waals surface area (Å²) in [5, 5.41) is 2.59. The van der Waals surface area contributed by atoms with E-state index >= 15 is 0 Å². The summed E-state index contributed by atoms with van der Waals surface area (Å²) in [5.74, 6) is 0.987. The third-order valence-electron chi connectivity index (χ3n) is 2.36. The minimum atomic E-state index is -0.0272. The molecule has 0 spiro atoms. The van der Waals surface area contributed by atoms with Crippen molar-refractivity contribution in [3.8, 4) is 0 Å². The van der Waals surface area contributed by atoms with Crippen LogP contribution in [0.2, 0.25) is 0 Å². The molecule has 0 atom stereocenters. The largest absolute Gasteiger partial charge is 0.457 e. The maximum absolute atomic E-state index is 11.3. The van der Waals surface area contributed by atoms with Crippen molar-refractivity contribution in [2.45, 2.75) is 19.9 Å². The highest BCUT2D eigenvalue weighted by Crippen LogP contribution is 2.09. The van der Waals surface area contributed by atoms with Crippen molar-refractivity contribution in [1.29, 1.82) is 0 Å². The number of rotatable bonds is 7. The van der Waals surface area contributed by atoms with Crippen molar-refractivity contribution in [2.75, 3.05) is 20.1 Å². The van der Waals surface area contributed by atoms with E-state index in [0.717, 1.165) is 13.0 Å². The zero-order valence-corrected chi connectivity index (χ0v) is 10.2. The Hall–Kier alpha value is -1.62. The van der Waals surface area contributed by atoms with Crippen LogP contribution in [0.5, 0.6) is 0 Å². The fourth-order valence-electron chi connectivity index (χ4n) is 1.58. The molecule has 0 aromatic carbocycles. The van der Waals surface area contributed by atoms with Gasteiger partial charge < -0.3 is 9.73 Å². The lowest BCUT2D eigenvalue weighted by Crippen LogP contribution is -2.35. The van der Waals surface area contributed by atoms with Crippen LogP contribution in [0.3, 0.4) is 0 Å². The van der Waals surface area contributed by atoms with E-state index in [-0.39, 0.29) is 5.91 Å². The molecule has 17 heavy (non-hydrogen) atoms. The highest BCUT2D eigenvalue weighted by Gasteiger charge is 2.11. The minimum absolute atomic E-state index is 0.0272. The van der Waals surface area contributed by atoms with Crippen molar-refractivity contribution in [3.05, 3.63) is 23.7 Å². The number of amides is 1. The van der Waals surface area contributed by atoms with Crippen LogP contribution in [0.15, 0.2) is 16.5 Å². The van der Waals surface area contributed by atoms with E-state index in [2.05, 4.69) is 12.2 Å². The lowest BCUT2D eigenvalue weighted by Gasteiger charge is -2.19. The van der Waals surface area contributed by atoms with Gasteiger partial charge in [-0.15, -0.1) is 0 Å². The maximum atomic E-state index is 11.3. The van der Waals surface area contributed by atoms with Crippen LogP contribution in [0.1, 0.15) is 29.7 Å². The molecule has 5 nitrogen and oxygen atoms in total. The molecule has 94 valence electrons. The van der Waals surface area contributed by atoms with E-state index in [0.29, 0.717) is 30.9 Å². The third kappa shape index (κ3) is 4.40. The molecule has 0 bridgehead atoms. The summed E-state index contributed by atoms with van der Waals surface area (Å²) in [4.78, 5) is 23.8. The van der Waals surface area contributed by atoms with E-state index in [1.54, 1.807) is 19.2 Å². The van der Waals surface area contributed by atoms with Gasteiger partial charge in [0.05, 0.1) is 13.1 Å². The first-order valence-corrected chi connectivity index (χ1v) is 5.66. The molecule has 0 radical (unpaired) electrons. The van der Waals surface area contributed by atoms with Crippen molar-refractivity contribution in [2.24, 2.45) is 0 Å². The SMILES string of the molecule is CCCN(CC(=O)NC)Cc1ccc(C=O)o1. The van der Waals surface area contributed by atoms with E-state index in [1.807, 2.05) is 4.90 Å². The summed E-state index contributed by atoms with van der Waals surface area (Å²) < 4.78 is 5.28. The first-order valence-electron chi connectivity index (χ1n) is 5.66. The molecule has 0 aliphatic carbocycles. The van der Waals surface area contributed by atoms with Crippen molar-refractivity contribution < 1.29 is 14.0 Å². The van der Waals surface area contributed by atoms with E-state index in [1.165, 1.54) is 0 Å². The molecule has 0 aliphatic rings. The number of carbonyl (C=O) groups excluding carboxylic acids is 2. The molecular formula is C12H18N2O3. The average molecular weight is 238 g/mol. The van der Waals surface area contributed by atoms with Crippen LogP contribution in [-0.2, 0) is 11.3 Å². The predicted molar refractivity (Wildman–Crippen MR) is 63.7 cm³/mol. The van der Waals surface area contributed by atoms with Crippen molar-refractivity contribution >= 4 is 12.2 Å². The number of aldehydes is 1. The van der Waals surface area contributed by atoms with Crippen LogP contribution in [0, 0.1) is 0 Å². The van der Waals surface area contributed by atoms with Gasteiger partial charge in [-0.2, -0.15) is 0 Å². The number of carbonyl (C=O) groups is 2. The zero-order chi connectivity index (χ0) is 12.7. The summed E-state index contributed by atoms with van der Waals surface area (Å²) in [6, 6.07) is 3.39. The molecule has 1 amide bonds. The molecular weight excluding hydrogens is 220 g/mol. The van der Waals surface area contributed by atoms with Crippen LogP contribution in [0.4, 0.5) is 0 Å². The minimum Gasteiger partial charge on any atom is -0.457 e. The first kappa shape index (κ1) is 13.4. The zero-order valence-electron chi connectivity index (χ0n) is 10.2. The Labute approximate surface area is 101 Å². The Kier molecular flexibility index (Phi) is 5.42. The molecule has 0 aliphatic heterocycles. The Morgan fingerprint density at radius 1 is 1.53 bits per heavy atom. The molecule has 5 heteroatoms. The summed E-state index contributed by atoms with van der Waals surface area (Å²) in [6.07, 6.45) is 1.63. The highest BCUT2D eigenvalue weighted by molar-refractivity contribution is 5.77. The summed E-state index contributed by atoms with van der Waals surface area (Å²) in [6.45, 7) is 3.73. The number of hydrogen-bond acceptors (Lipinski definition) is 4. The molecule has 1 heterocycles. The van der Waals surface area contributed by atoms with Gasteiger partial charge in [0.25, 0.3) is 0 Å². The molecule has 1 aromatic rings. The number of furan rings is 1. The van der Waals surface area contributed by atoms with Gasteiger partial charge in [0.15, 0.2) is 12.0 Å². The van der Waals surface area contributed by atoms with Gasteiger partial charge in [-0.3, -0.25) is 14.5 Å². The Morgan fingerprint density at radius 2 is 2.29 bits per heavy atom. The van der Waals surface area contributed by atoms with Crippen molar-refractivity contribution in [3.63, 3.8) is 0 Å². The molecule has 1 aromatic heterocycles. The van der Waals surface area contributed by atoms with E-state index in [4.69, 9.17) is 4.42 Å². The molecule has 0 fully saturated rings. The van der Waals surface area contributed by atoms with Gasteiger partial charge >= 0.3 is 0 Å². The predicted octanol–water partition coefficient (Wildman–Crippen LogP) is 1.05. The van der Waals surface area contributed by atoms with Gasteiger partial charge in [-0.25, -0.2) is 0 Å². The van der Waals surface area contributed by atoms with Crippen LogP contribution in [0.25, 0.3) is 0 Å². The standard InChI is InChI=1S/C12H18N2O3/c1-3-6-14(8-12(16)13-2)7-10-4-5-11(9-15)17-10/h4-5,9H,3,6-8H2,1-2H3,(H,13,16). The molecule has 1 rings (SSSR count). The molecule has 1 N–H and O–H groups in total. The van der Waals surface area contributed by atoms with E-state index < -0.39 is 0 Å². The lowest BCUT2D eigenvalue weighted by molar-refractivity contribution is -0.121. The Balaban J connectivity index is 2.58. The Morgan fingerprint density at radius 3 is 2.82 bits per heavy atom. The normalized spacial score (nSPS) is 10.5. The quantitative estimate of drug-likeness (QED) is 0.721. The van der Waals surface area contributed by atoms with Gasteiger partial charge in [0.1, 0.15) is 5.76 Å². The number of nitrogens with zero attached hydrogens (tertiary/aromatic N) is 1. The summed E-state index contributed by atoms with van der Waals surface area (Å²) in [7, 11) is 1.61. The fourth-order valence-corrected chi connectivity index (χ4v) is 1.58. The number of hydrogen-bond donors (Lipinski definition) is 1. The number of likely N-dealkylation sites (N-methyl/N-ethyl adjacent to an activating group) is 1. The Bertz CT molecular complexity index is 374. The van der Waals surface area contributed by atoms with Crippen LogP contribution < -0.4 is 5.32 Å². The van der Waals surface area contributed by atoms with Crippen molar-refractivity contribution in [1.82, 2.24) is 10.2 Å². The van der Waals surface area contributed by atoms with E-state index in [9.17, 15) is 9.59 Å². The van der Waals surface area contributed by atoms with Gasteiger partial charge in [0.2, 0.25) is 5.91 Å². The average Bonchev–Trinajstić information content (AvgIpc) is 2.77. The van der Waals surface area contributed by atoms with Crippen LogP contribution in [-0.4, -0.2) is 37.2 Å². The molecule has 0 saturated carbocycles. The second-order valence-electron chi connectivity index (χ2n) is 3.81. The van der Waals surface area contributed by atoms with Gasteiger partial charge in [-0.05, 0) is 25.1 Å². The third-order valence-corrected chi connectivity index (χ3v) is 2.36. The van der Waals surface area contributed by atoms with Crippen LogP contribution >= 0.6 is 0 Å². The maximum Gasteiger partial charge on any atom is 0.233 e. The fraction of sp³-hybridized carbons (Fsp3) is 0.500. The summed E-state index contributed by atoms with van der Waals surface area (Å²) >= 11 is 0.